The van der Waals surface area contributed by atoms with E-state index in [0.29, 0.717) is 0 Å². The van der Waals surface area contributed by atoms with Crippen LogP contribution < -0.4 is 0 Å². The largest absolute Gasteiger partial charge is 0.394 e. The molecule has 15 atom stereocenters. The first kappa shape index (κ1) is 27.0. The van der Waals surface area contributed by atoms with Gasteiger partial charge in [0.25, 0.3) is 0 Å². The Balaban J connectivity index is 1.73. The zero-order valence-corrected chi connectivity index (χ0v) is 17.0. The summed E-state index contributed by atoms with van der Waals surface area (Å²) >= 11 is 0. The quantitative estimate of drug-likeness (QED) is 0.165. The monoisotopic (exact) mass is 490 g/mol. The molecular weight excluding hydrogens is 460 g/mol. The minimum atomic E-state index is -1.97. The second-order valence-corrected chi connectivity index (χ2v) is 8.01. The Bertz CT molecular complexity index is 622. The number of hydrogen-bond donors (Lipinski definition) is 11. The summed E-state index contributed by atoms with van der Waals surface area (Å²) in [4.78, 5) is 0. The molecule has 3 heterocycles. The van der Waals surface area contributed by atoms with E-state index in [-0.39, 0.29) is 0 Å². The van der Waals surface area contributed by atoms with Crippen LogP contribution in [-0.4, -0.2) is 162 Å². The fraction of sp³-hybridized carbons (Fsp3) is 1.00. The molecule has 3 saturated heterocycles. The molecule has 0 aromatic rings. The fourth-order valence-corrected chi connectivity index (χ4v) is 3.74. The molecule has 1 unspecified atom stereocenters. The average Bonchev–Trinajstić information content (AvgIpc) is 2.80. The van der Waals surface area contributed by atoms with Gasteiger partial charge in [0.05, 0.1) is 13.2 Å². The molecule has 0 bridgehead atoms. The summed E-state index contributed by atoms with van der Waals surface area (Å²) in [6.07, 6.45) is -26.6. The minimum absolute atomic E-state index is 0.762. The van der Waals surface area contributed by atoms with Gasteiger partial charge in [0.1, 0.15) is 67.1 Å². The number of aliphatic hydroxyl groups is 11. The molecule has 0 saturated carbocycles. The van der Waals surface area contributed by atoms with E-state index in [1.54, 1.807) is 0 Å². The molecule has 0 aromatic heterocycles. The molecule has 3 rings (SSSR count). The van der Waals surface area contributed by atoms with Gasteiger partial charge < -0.3 is 79.9 Å². The number of aliphatic hydroxyl groups excluding tert-OH is 11. The fourth-order valence-electron chi connectivity index (χ4n) is 3.74. The highest BCUT2D eigenvalue weighted by atomic mass is 16.8. The van der Waals surface area contributed by atoms with Gasteiger partial charge in [0.15, 0.2) is 25.2 Å². The van der Waals surface area contributed by atoms with Crippen molar-refractivity contribution in [3.63, 3.8) is 0 Å². The van der Waals surface area contributed by atoms with Crippen LogP contribution in [0.3, 0.4) is 0 Å². The van der Waals surface area contributed by atoms with Crippen molar-refractivity contribution < 1.29 is 79.9 Å². The first-order chi connectivity index (χ1) is 15.5. The van der Waals surface area contributed by atoms with Gasteiger partial charge in [0.2, 0.25) is 0 Å². The van der Waals surface area contributed by atoms with Crippen molar-refractivity contribution >= 4 is 0 Å². The molecule has 3 fully saturated rings. The number of hydrogen-bond acceptors (Lipinski definition) is 16. The van der Waals surface area contributed by atoms with Crippen molar-refractivity contribution in [2.24, 2.45) is 0 Å². The Morgan fingerprint density at radius 3 is 1.48 bits per heavy atom. The van der Waals surface area contributed by atoms with Gasteiger partial charge >= 0.3 is 0 Å². The highest BCUT2D eigenvalue weighted by Crippen LogP contribution is 2.31. The van der Waals surface area contributed by atoms with Crippen LogP contribution >= 0.6 is 0 Å². The second-order valence-electron chi connectivity index (χ2n) is 8.01. The van der Waals surface area contributed by atoms with E-state index in [0.717, 1.165) is 0 Å². The average molecular weight is 490 g/mol. The third-order valence-corrected chi connectivity index (χ3v) is 5.77. The van der Waals surface area contributed by atoms with E-state index < -0.39 is 106 Å². The SMILES string of the molecule is OC[C@@H]1O[C@@H](O[C@@H]2O[C@@H](O[C@@H]3[C@@H](O)[C@H](O)C(O)O[C@H]3CO)[C@@H](O)[C@H](O)[C@H]2O)[C@@H](O)[C@H](O)[C@H]1O. The van der Waals surface area contributed by atoms with Gasteiger partial charge in [0, 0.05) is 0 Å². The topological polar surface area (TPSA) is 269 Å². The van der Waals surface area contributed by atoms with E-state index >= 15 is 0 Å². The predicted molar refractivity (Wildman–Crippen MR) is 96.4 cm³/mol. The first-order valence-corrected chi connectivity index (χ1v) is 10.1. The molecule has 16 nitrogen and oxygen atoms in total. The van der Waals surface area contributed by atoms with Gasteiger partial charge in [-0.3, -0.25) is 0 Å². The lowest BCUT2D eigenvalue weighted by Crippen LogP contribution is -2.65. The van der Waals surface area contributed by atoms with Gasteiger partial charge in [-0.1, -0.05) is 0 Å². The third kappa shape index (κ3) is 5.31. The highest BCUT2D eigenvalue weighted by Gasteiger charge is 2.52. The van der Waals surface area contributed by atoms with Crippen LogP contribution in [0.15, 0.2) is 0 Å². The molecule has 0 amide bonds. The Morgan fingerprint density at radius 2 is 0.939 bits per heavy atom. The maximum Gasteiger partial charge on any atom is 0.192 e. The first-order valence-electron chi connectivity index (χ1n) is 10.1. The number of rotatable bonds is 6. The lowest BCUT2D eigenvalue weighted by Gasteiger charge is -2.46. The summed E-state index contributed by atoms with van der Waals surface area (Å²) in [6.45, 7) is -1.55. The standard InChI is InChI=1S/C17H30O16/c18-1-3-5(20)6(21)10(25)15(30-3)32-17-12(27)7(22)11(26)16(33-17)31-13-4(2-19)29-14(28)9(24)8(13)23/h3-28H,1-2H2/t3-,4-,5-,6+,7-,8-,9-,10-,11-,12+,13-,14?,15-,16+,17+/m0/s1. The Morgan fingerprint density at radius 1 is 0.455 bits per heavy atom. The van der Waals surface area contributed by atoms with Crippen LogP contribution in [0.2, 0.25) is 0 Å². The summed E-state index contributed by atoms with van der Waals surface area (Å²) in [5.41, 5.74) is 0. The van der Waals surface area contributed by atoms with E-state index in [4.69, 9.17) is 23.7 Å². The van der Waals surface area contributed by atoms with Crippen molar-refractivity contribution in [3.05, 3.63) is 0 Å². The smallest absolute Gasteiger partial charge is 0.192 e. The second kappa shape index (κ2) is 11.0. The van der Waals surface area contributed by atoms with Gasteiger partial charge in [-0.05, 0) is 0 Å². The zero-order chi connectivity index (χ0) is 24.6. The van der Waals surface area contributed by atoms with Crippen molar-refractivity contribution in [2.45, 2.75) is 92.3 Å². The summed E-state index contributed by atoms with van der Waals surface area (Å²) < 4.78 is 26.0. The maximum atomic E-state index is 10.2. The van der Waals surface area contributed by atoms with Gasteiger partial charge in [-0.15, -0.1) is 0 Å². The lowest BCUT2D eigenvalue weighted by atomic mass is 9.98. The number of ether oxygens (including phenoxy) is 5. The van der Waals surface area contributed by atoms with E-state index in [2.05, 4.69) is 0 Å². The van der Waals surface area contributed by atoms with Crippen molar-refractivity contribution in [3.8, 4) is 0 Å². The molecule has 11 N–H and O–H groups in total. The zero-order valence-electron chi connectivity index (χ0n) is 17.0. The highest BCUT2D eigenvalue weighted by molar-refractivity contribution is 4.94. The molecule has 33 heavy (non-hydrogen) atoms. The molecule has 16 heteroatoms. The molecule has 0 spiro atoms. The van der Waals surface area contributed by atoms with Crippen LogP contribution in [0, 0.1) is 0 Å². The van der Waals surface area contributed by atoms with Crippen molar-refractivity contribution in [1.82, 2.24) is 0 Å². The lowest BCUT2D eigenvalue weighted by molar-refractivity contribution is -0.412. The predicted octanol–water partition coefficient (Wildman–Crippen LogP) is -7.62. The van der Waals surface area contributed by atoms with Crippen LogP contribution in [-0.2, 0) is 23.7 Å². The minimum Gasteiger partial charge on any atom is -0.394 e. The Kier molecular flexibility index (Phi) is 8.95. The van der Waals surface area contributed by atoms with Crippen molar-refractivity contribution in [1.29, 1.82) is 0 Å². The molecular formula is C17H30O16. The third-order valence-electron chi connectivity index (χ3n) is 5.77. The molecule has 0 radical (unpaired) electrons. The molecule has 194 valence electrons. The molecule has 0 aliphatic carbocycles. The van der Waals surface area contributed by atoms with Crippen LogP contribution in [0.25, 0.3) is 0 Å². The molecule has 3 aliphatic rings. The van der Waals surface area contributed by atoms with Gasteiger partial charge in [-0.2, -0.15) is 0 Å². The molecule has 0 aromatic carbocycles. The van der Waals surface area contributed by atoms with E-state index in [9.17, 15) is 56.2 Å². The Labute approximate surface area is 186 Å². The van der Waals surface area contributed by atoms with Crippen LogP contribution in [0.5, 0.6) is 0 Å². The van der Waals surface area contributed by atoms with E-state index in [1.807, 2.05) is 0 Å². The maximum absolute atomic E-state index is 10.2. The summed E-state index contributed by atoms with van der Waals surface area (Å²) in [6, 6.07) is 0. The Hall–Kier alpha value is -0.640. The summed E-state index contributed by atoms with van der Waals surface area (Å²) in [5, 5.41) is 109. The molecule has 3 aliphatic heterocycles. The van der Waals surface area contributed by atoms with Crippen LogP contribution in [0.1, 0.15) is 0 Å². The van der Waals surface area contributed by atoms with Crippen molar-refractivity contribution in [2.75, 3.05) is 13.2 Å². The normalized spacial score (nSPS) is 53.7. The van der Waals surface area contributed by atoms with Crippen LogP contribution in [0.4, 0.5) is 0 Å². The van der Waals surface area contributed by atoms with E-state index in [1.165, 1.54) is 0 Å². The summed E-state index contributed by atoms with van der Waals surface area (Å²) in [5.74, 6) is 0. The van der Waals surface area contributed by atoms with Gasteiger partial charge in [-0.25, -0.2) is 0 Å². The summed E-state index contributed by atoms with van der Waals surface area (Å²) in [7, 11) is 0.